The lowest BCUT2D eigenvalue weighted by Gasteiger charge is -2.24. The van der Waals surface area contributed by atoms with E-state index >= 15 is 0 Å². The van der Waals surface area contributed by atoms with Gasteiger partial charge in [0.25, 0.3) is 0 Å². The number of H-pyrrole nitrogens is 1. The van der Waals surface area contributed by atoms with Crippen LogP contribution in [0.5, 0.6) is 0 Å². The zero-order valence-electron chi connectivity index (χ0n) is 21.0. The van der Waals surface area contributed by atoms with E-state index in [0.29, 0.717) is 11.3 Å². The van der Waals surface area contributed by atoms with Crippen molar-refractivity contribution in [2.45, 2.75) is 49.9 Å². The Morgan fingerprint density at radius 2 is 1.46 bits per heavy atom. The van der Waals surface area contributed by atoms with Gasteiger partial charge in [-0.25, -0.2) is 4.79 Å². The van der Waals surface area contributed by atoms with Crippen LogP contribution in [0.2, 0.25) is 0 Å². The highest BCUT2D eigenvalue weighted by molar-refractivity contribution is 7.98. The van der Waals surface area contributed by atoms with Crippen LogP contribution in [0.1, 0.15) is 24.8 Å². The van der Waals surface area contributed by atoms with E-state index in [-0.39, 0.29) is 12.8 Å². The molecule has 0 radical (unpaired) electrons. The van der Waals surface area contributed by atoms with Crippen molar-refractivity contribution in [1.82, 2.24) is 20.9 Å². The van der Waals surface area contributed by atoms with Crippen LogP contribution >= 0.6 is 11.8 Å². The van der Waals surface area contributed by atoms with Gasteiger partial charge in [0.1, 0.15) is 18.1 Å². The number of aromatic nitrogens is 1. The number of aliphatic carboxylic acids is 3. The number of aromatic amines is 1. The molecule has 3 amide bonds. The average molecular weight is 566 g/mol. The standard InChI is InChI=1S/C24H31N5O9S/c1-39-7-6-16(27-21(34)14(25)9-19(30)31)22(35)28-17(10-20(32)33)23(36)29-18(24(37)38)8-12-11-26-15-5-3-2-4-13(12)15/h2-5,11,14,16-18,26H,6-10,25H2,1H3,(H,27,34)(H,28,35)(H,29,36)(H,30,31)(H,32,33)(H,37,38). The zero-order chi connectivity index (χ0) is 29.1. The number of carbonyl (C=O) groups excluding carboxylic acids is 3. The lowest BCUT2D eigenvalue weighted by Crippen LogP contribution is -2.57. The number of amides is 3. The predicted molar refractivity (Wildman–Crippen MR) is 141 cm³/mol. The Morgan fingerprint density at radius 1 is 0.872 bits per heavy atom. The van der Waals surface area contributed by atoms with Crippen LogP contribution in [0.4, 0.5) is 0 Å². The van der Waals surface area contributed by atoms with E-state index in [1.54, 1.807) is 36.7 Å². The van der Waals surface area contributed by atoms with Gasteiger partial charge >= 0.3 is 17.9 Å². The van der Waals surface area contributed by atoms with Gasteiger partial charge in [0.15, 0.2) is 0 Å². The first-order valence-electron chi connectivity index (χ1n) is 11.8. The maximum atomic E-state index is 13.0. The molecule has 0 saturated heterocycles. The van der Waals surface area contributed by atoms with Crippen LogP contribution < -0.4 is 21.7 Å². The third-order valence-electron chi connectivity index (χ3n) is 5.70. The number of thioether (sulfide) groups is 1. The molecule has 0 fully saturated rings. The second kappa shape index (κ2) is 14.7. The van der Waals surface area contributed by atoms with Crippen LogP contribution in [0.15, 0.2) is 30.5 Å². The summed E-state index contributed by atoms with van der Waals surface area (Å²) in [5.74, 6) is -6.61. The number of carbonyl (C=O) groups is 6. The minimum absolute atomic E-state index is 0.0677. The smallest absolute Gasteiger partial charge is 0.326 e. The number of nitrogens with one attached hydrogen (secondary N) is 4. The number of nitrogens with two attached hydrogens (primary N) is 1. The first kappa shape index (κ1) is 31.1. The molecule has 1 aromatic heterocycles. The SMILES string of the molecule is CSCCC(NC(=O)C(N)CC(=O)O)C(=O)NC(CC(=O)O)C(=O)NC(Cc1c[nH]c2ccccc12)C(=O)O. The van der Waals surface area contributed by atoms with E-state index in [1.165, 1.54) is 11.8 Å². The van der Waals surface area contributed by atoms with Crippen molar-refractivity contribution in [3.8, 4) is 0 Å². The van der Waals surface area contributed by atoms with E-state index in [4.69, 9.17) is 10.8 Å². The first-order valence-corrected chi connectivity index (χ1v) is 13.2. The number of carboxylic acid groups (broad SMARTS) is 3. The van der Waals surface area contributed by atoms with Gasteiger partial charge in [-0.3, -0.25) is 24.0 Å². The van der Waals surface area contributed by atoms with Crippen LogP contribution in [-0.2, 0) is 35.2 Å². The quantitative estimate of drug-likeness (QED) is 0.126. The molecule has 0 aliphatic carbocycles. The summed E-state index contributed by atoms with van der Waals surface area (Å²) in [4.78, 5) is 75.4. The van der Waals surface area contributed by atoms with Gasteiger partial charge in [-0.15, -0.1) is 0 Å². The van der Waals surface area contributed by atoms with Gasteiger partial charge in [0.2, 0.25) is 17.7 Å². The van der Waals surface area contributed by atoms with Crippen molar-refractivity contribution in [3.05, 3.63) is 36.0 Å². The van der Waals surface area contributed by atoms with Gasteiger partial charge in [-0.2, -0.15) is 11.8 Å². The Balaban J connectivity index is 2.17. The molecule has 0 aliphatic rings. The topological polar surface area (TPSA) is 241 Å². The molecular weight excluding hydrogens is 534 g/mol. The van der Waals surface area contributed by atoms with Gasteiger partial charge in [-0.05, 0) is 30.1 Å². The maximum Gasteiger partial charge on any atom is 0.326 e. The van der Waals surface area contributed by atoms with Crippen LogP contribution in [-0.4, -0.2) is 92.1 Å². The summed E-state index contributed by atoms with van der Waals surface area (Å²) in [6.07, 6.45) is 1.76. The van der Waals surface area contributed by atoms with E-state index in [2.05, 4.69) is 20.9 Å². The molecule has 2 aromatic rings. The summed E-state index contributed by atoms with van der Waals surface area (Å²) >= 11 is 1.35. The fourth-order valence-electron chi connectivity index (χ4n) is 3.71. The van der Waals surface area contributed by atoms with Crippen LogP contribution in [0.25, 0.3) is 10.9 Å². The summed E-state index contributed by atoms with van der Waals surface area (Å²) in [7, 11) is 0. The fourth-order valence-corrected chi connectivity index (χ4v) is 4.18. The number of fused-ring (bicyclic) bond motifs is 1. The molecule has 0 aliphatic heterocycles. The monoisotopic (exact) mass is 565 g/mol. The second-order valence-electron chi connectivity index (χ2n) is 8.67. The van der Waals surface area contributed by atoms with Crippen LogP contribution in [0, 0.1) is 0 Å². The third-order valence-corrected chi connectivity index (χ3v) is 6.34. The molecule has 4 unspecified atom stereocenters. The van der Waals surface area contributed by atoms with Crippen molar-refractivity contribution in [3.63, 3.8) is 0 Å². The van der Waals surface area contributed by atoms with Crippen molar-refractivity contribution in [1.29, 1.82) is 0 Å². The van der Waals surface area contributed by atoms with E-state index in [9.17, 15) is 39.0 Å². The fraction of sp³-hybridized carbons (Fsp3) is 0.417. The average Bonchev–Trinajstić information content (AvgIpc) is 3.27. The molecule has 15 heteroatoms. The highest BCUT2D eigenvalue weighted by atomic mass is 32.2. The molecule has 212 valence electrons. The summed E-state index contributed by atoms with van der Waals surface area (Å²) in [5.41, 5.74) is 6.92. The Bertz CT molecular complexity index is 1220. The lowest BCUT2D eigenvalue weighted by molar-refractivity contribution is -0.143. The molecule has 1 aromatic carbocycles. The highest BCUT2D eigenvalue weighted by Gasteiger charge is 2.32. The summed E-state index contributed by atoms with van der Waals surface area (Å²) in [6.45, 7) is 0. The lowest BCUT2D eigenvalue weighted by atomic mass is 10.0. The minimum Gasteiger partial charge on any atom is -0.481 e. The van der Waals surface area contributed by atoms with Gasteiger partial charge in [0, 0.05) is 23.5 Å². The van der Waals surface area contributed by atoms with Crippen molar-refractivity contribution >= 4 is 58.3 Å². The Hall–Kier alpha value is -4.11. The highest BCUT2D eigenvalue weighted by Crippen LogP contribution is 2.19. The van der Waals surface area contributed by atoms with E-state index in [1.807, 2.05) is 0 Å². The number of rotatable bonds is 16. The van der Waals surface area contributed by atoms with Crippen LogP contribution in [0.3, 0.4) is 0 Å². The molecule has 0 spiro atoms. The first-order chi connectivity index (χ1) is 18.4. The Labute approximate surface area is 227 Å². The molecule has 14 nitrogen and oxygen atoms in total. The molecule has 39 heavy (non-hydrogen) atoms. The molecular formula is C24H31N5O9S. The van der Waals surface area contributed by atoms with Gasteiger partial charge < -0.3 is 42.0 Å². The predicted octanol–water partition coefficient (Wildman–Crippen LogP) is -0.721. The van der Waals surface area contributed by atoms with Gasteiger partial charge in [0.05, 0.1) is 18.9 Å². The summed E-state index contributed by atoms with van der Waals surface area (Å²) in [6, 6.07) is 1.35. The van der Waals surface area contributed by atoms with Crippen molar-refractivity contribution in [2.24, 2.45) is 5.73 Å². The Morgan fingerprint density at radius 3 is 2.08 bits per heavy atom. The van der Waals surface area contributed by atoms with E-state index < -0.39 is 72.6 Å². The second-order valence-corrected chi connectivity index (χ2v) is 9.65. The van der Waals surface area contributed by atoms with Crippen molar-refractivity contribution < 1.29 is 44.1 Å². The molecule has 4 atom stereocenters. The maximum absolute atomic E-state index is 13.0. The minimum atomic E-state index is -1.67. The molecule has 0 bridgehead atoms. The third kappa shape index (κ3) is 9.61. The largest absolute Gasteiger partial charge is 0.481 e. The normalized spacial score (nSPS) is 14.0. The number of carboxylic acids is 3. The number of benzene rings is 1. The molecule has 0 saturated carbocycles. The summed E-state index contributed by atoms with van der Waals surface area (Å²) in [5, 5.41) is 35.5. The zero-order valence-corrected chi connectivity index (χ0v) is 21.8. The summed E-state index contributed by atoms with van der Waals surface area (Å²) < 4.78 is 0. The van der Waals surface area contributed by atoms with Crippen molar-refractivity contribution in [2.75, 3.05) is 12.0 Å². The molecule has 2 rings (SSSR count). The Kier molecular flexibility index (Phi) is 11.7. The number of para-hydroxylation sites is 1. The molecule has 1 heterocycles. The van der Waals surface area contributed by atoms with E-state index in [0.717, 1.165) is 10.9 Å². The number of hydrogen-bond acceptors (Lipinski definition) is 8. The number of hydrogen-bond donors (Lipinski definition) is 8. The molecule has 9 N–H and O–H groups in total. The van der Waals surface area contributed by atoms with Gasteiger partial charge in [-0.1, -0.05) is 18.2 Å².